The summed E-state index contributed by atoms with van der Waals surface area (Å²) in [6.45, 7) is 3.67. The maximum absolute atomic E-state index is 12.6. The lowest BCUT2D eigenvalue weighted by Gasteiger charge is -2.35. The molecule has 3 heterocycles. The van der Waals surface area contributed by atoms with Crippen molar-refractivity contribution in [2.75, 3.05) is 31.1 Å². The van der Waals surface area contributed by atoms with E-state index in [4.69, 9.17) is 11.6 Å². The molecule has 1 saturated heterocycles. The number of pyridine rings is 1. The first-order valence-electron chi connectivity index (χ1n) is 7.51. The van der Waals surface area contributed by atoms with E-state index in [0.717, 1.165) is 31.2 Å². The lowest BCUT2D eigenvalue weighted by molar-refractivity contribution is -0.137. The third-order valence-electron chi connectivity index (χ3n) is 4.16. The zero-order valence-corrected chi connectivity index (χ0v) is 13.8. The molecule has 0 aliphatic carbocycles. The molecule has 2 aromatic heterocycles. The fourth-order valence-corrected chi connectivity index (χ4v) is 2.79. The molecule has 24 heavy (non-hydrogen) atoms. The first-order chi connectivity index (χ1) is 11.3. The molecule has 0 spiro atoms. The van der Waals surface area contributed by atoms with Crippen LogP contribution >= 0.6 is 11.6 Å². The molecule has 130 valence electrons. The molecule has 1 aliphatic heterocycles. The smallest absolute Gasteiger partial charge is 0.354 e. The zero-order valence-electron chi connectivity index (χ0n) is 13.1. The Kier molecular flexibility index (Phi) is 4.69. The maximum atomic E-state index is 12.6. The largest absolute Gasteiger partial charge is 0.417 e. The van der Waals surface area contributed by atoms with Gasteiger partial charge in [0.1, 0.15) is 16.8 Å². The summed E-state index contributed by atoms with van der Waals surface area (Å²) in [7, 11) is 1.87. The Hall–Kier alpha value is -1.80. The van der Waals surface area contributed by atoms with Crippen LogP contribution in [0.3, 0.4) is 0 Å². The summed E-state index contributed by atoms with van der Waals surface area (Å²) in [4.78, 5) is 12.4. The third kappa shape index (κ3) is 3.64. The van der Waals surface area contributed by atoms with Gasteiger partial charge in [-0.05, 0) is 12.1 Å². The van der Waals surface area contributed by atoms with E-state index in [-0.39, 0.29) is 0 Å². The van der Waals surface area contributed by atoms with Gasteiger partial charge in [0.15, 0.2) is 0 Å². The van der Waals surface area contributed by atoms with Crippen molar-refractivity contribution in [1.29, 1.82) is 0 Å². The van der Waals surface area contributed by atoms with Crippen LogP contribution in [0.4, 0.5) is 19.0 Å². The minimum absolute atomic E-state index is 0.572. The summed E-state index contributed by atoms with van der Waals surface area (Å²) < 4.78 is 39.6. The van der Waals surface area contributed by atoms with Crippen molar-refractivity contribution in [2.24, 2.45) is 7.05 Å². The number of hydrogen-bond donors (Lipinski definition) is 0. The number of hydrogen-bond acceptors (Lipinski definition) is 4. The van der Waals surface area contributed by atoms with Gasteiger partial charge in [-0.25, -0.2) is 9.97 Å². The molecule has 0 N–H and O–H groups in total. The molecular weight excluding hydrogens is 343 g/mol. The highest BCUT2D eigenvalue weighted by Gasteiger charge is 2.31. The average molecular weight is 360 g/mol. The molecule has 1 fully saturated rings. The second-order valence-corrected chi connectivity index (χ2v) is 6.11. The van der Waals surface area contributed by atoms with E-state index in [2.05, 4.69) is 14.9 Å². The molecule has 1 aliphatic rings. The lowest BCUT2D eigenvalue weighted by atomic mass is 10.2. The van der Waals surface area contributed by atoms with Crippen molar-refractivity contribution in [3.8, 4) is 0 Å². The molecule has 2 aromatic rings. The van der Waals surface area contributed by atoms with Gasteiger partial charge < -0.3 is 9.47 Å². The van der Waals surface area contributed by atoms with Crippen molar-refractivity contribution in [1.82, 2.24) is 19.4 Å². The number of aromatic nitrogens is 3. The second kappa shape index (κ2) is 6.60. The van der Waals surface area contributed by atoms with Gasteiger partial charge in [0.25, 0.3) is 0 Å². The topological polar surface area (TPSA) is 37.2 Å². The number of anilines is 1. The highest BCUT2D eigenvalue weighted by molar-refractivity contribution is 6.29. The highest BCUT2D eigenvalue weighted by atomic mass is 35.5. The first kappa shape index (κ1) is 17.0. The van der Waals surface area contributed by atoms with Crippen LogP contribution in [0.15, 0.2) is 24.5 Å². The summed E-state index contributed by atoms with van der Waals surface area (Å²) in [5.74, 6) is 1.46. The van der Waals surface area contributed by atoms with E-state index in [0.29, 0.717) is 30.6 Å². The third-order valence-corrected chi connectivity index (χ3v) is 4.52. The van der Waals surface area contributed by atoms with E-state index < -0.39 is 11.7 Å². The maximum Gasteiger partial charge on any atom is 0.417 e. The molecule has 0 unspecified atom stereocenters. The molecule has 9 heteroatoms. The predicted molar refractivity (Wildman–Crippen MR) is 84.9 cm³/mol. The van der Waals surface area contributed by atoms with Gasteiger partial charge in [-0.15, -0.1) is 0 Å². The van der Waals surface area contributed by atoms with Gasteiger partial charge >= 0.3 is 6.18 Å². The molecule has 0 atom stereocenters. The fourth-order valence-electron chi connectivity index (χ4n) is 2.65. The van der Waals surface area contributed by atoms with Crippen molar-refractivity contribution < 1.29 is 13.2 Å². The summed E-state index contributed by atoms with van der Waals surface area (Å²) >= 11 is 5.98. The van der Waals surface area contributed by atoms with Crippen LogP contribution in [0.1, 0.15) is 11.4 Å². The minimum Gasteiger partial charge on any atom is -0.354 e. The number of alkyl halides is 3. The van der Waals surface area contributed by atoms with Crippen molar-refractivity contribution in [2.45, 2.75) is 12.7 Å². The van der Waals surface area contributed by atoms with Crippen LogP contribution in [0.2, 0.25) is 5.15 Å². The Balaban J connectivity index is 1.58. The van der Waals surface area contributed by atoms with Crippen molar-refractivity contribution in [3.05, 3.63) is 41.1 Å². The number of nitrogens with zero attached hydrogens (tertiary/aromatic N) is 5. The van der Waals surface area contributed by atoms with Gasteiger partial charge in [-0.2, -0.15) is 13.2 Å². The number of rotatable bonds is 3. The Morgan fingerprint density at radius 2 is 1.79 bits per heavy atom. The highest BCUT2D eigenvalue weighted by Crippen LogP contribution is 2.29. The van der Waals surface area contributed by atoms with Crippen molar-refractivity contribution >= 4 is 17.4 Å². The Morgan fingerprint density at radius 3 is 2.29 bits per heavy atom. The molecule has 0 bridgehead atoms. The van der Waals surface area contributed by atoms with Gasteiger partial charge in [-0.3, -0.25) is 4.90 Å². The Bertz CT molecular complexity index is 690. The van der Waals surface area contributed by atoms with Gasteiger partial charge in [0.05, 0.1) is 18.3 Å². The predicted octanol–water partition coefficient (Wildman–Crippen LogP) is 2.81. The summed E-state index contributed by atoms with van der Waals surface area (Å²) in [5, 5.41) is 0.595. The van der Waals surface area contributed by atoms with Crippen LogP contribution in [0.5, 0.6) is 0 Å². The van der Waals surface area contributed by atoms with Gasteiger partial charge in [-0.1, -0.05) is 11.6 Å². The molecule has 0 radical (unpaired) electrons. The van der Waals surface area contributed by atoms with E-state index in [9.17, 15) is 13.2 Å². The molecule has 0 aromatic carbocycles. The van der Waals surface area contributed by atoms with Crippen LogP contribution in [0.25, 0.3) is 0 Å². The lowest BCUT2D eigenvalue weighted by Crippen LogP contribution is -2.46. The average Bonchev–Trinajstić information content (AvgIpc) is 2.87. The quantitative estimate of drug-likeness (QED) is 0.844. The molecule has 0 saturated carbocycles. The van der Waals surface area contributed by atoms with Gasteiger partial charge in [0, 0.05) is 39.4 Å². The van der Waals surface area contributed by atoms with Crippen LogP contribution < -0.4 is 4.90 Å². The van der Waals surface area contributed by atoms with E-state index in [1.807, 2.05) is 16.5 Å². The first-order valence-corrected chi connectivity index (χ1v) is 7.89. The minimum atomic E-state index is -4.35. The Morgan fingerprint density at radius 1 is 1.08 bits per heavy atom. The van der Waals surface area contributed by atoms with Crippen molar-refractivity contribution in [3.63, 3.8) is 0 Å². The second-order valence-electron chi connectivity index (χ2n) is 5.72. The number of halogens is 4. The van der Waals surface area contributed by atoms with Crippen LogP contribution in [0, 0.1) is 0 Å². The molecule has 0 amide bonds. The molecule has 3 rings (SSSR count). The fraction of sp³-hybridized carbons (Fsp3) is 0.467. The van der Waals surface area contributed by atoms with Crippen LogP contribution in [-0.2, 0) is 19.8 Å². The summed E-state index contributed by atoms with van der Waals surface area (Å²) in [6.07, 6.45) is -1.84. The summed E-state index contributed by atoms with van der Waals surface area (Å²) in [6, 6.07) is 2.50. The SMILES string of the molecule is Cn1c(Cl)cnc1CN1CCN(c2ccc(C(F)(F)F)cn2)CC1. The van der Waals surface area contributed by atoms with Crippen LogP contribution in [-0.4, -0.2) is 45.6 Å². The molecular formula is C15H17ClF3N5. The summed E-state index contributed by atoms with van der Waals surface area (Å²) in [5.41, 5.74) is -0.725. The molecule has 5 nitrogen and oxygen atoms in total. The zero-order chi connectivity index (χ0) is 17.3. The monoisotopic (exact) mass is 359 g/mol. The standard InChI is InChI=1S/C15H17ClF3N5/c1-22-12(16)9-21-14(22)10-23-4-6-24(7-5-23)13-3-2-11(8-20-13)15(17,18)19/h2-3,8-9H,4-7,10H2,1H3. The van der Waals surface area contributed by atoms with E-state index in [1.165, 1.54) is 6.07 Å². The van der Waals surface area contributed by atoms with E-state index in [1.54, 1.807) is 6.20 Å². The van der Waals surface area contributed by atoms with Gasteiger partial charge in [0.2, 0.25) is 0 Å². The normalized spacial score (nSPS) is 16.6. The Labute approximate surface area is 142 Å². The number of piperazine rings is 1. The number of imidazole rings is 1. The van der Waals surface area contributed by atoms with E-state index >= 15 is 0 Å².